The first kappa shape index (κ1) is 14.8. The summed E-state index contributed by atoms with van der Waals surface area (Å²) in [5, 5.41) is 0. The molecule has 5 unspecified atom stereocenters. The molecule has 3 aliphatic rings. The predicted octanol–water partition coefficient (Wildman–Crippen LogP) is 1.74. The van der Waals surface area contributed by atoms with E-state index in [0.29, 0.717) is 24.0 Å². The third-order valence-electron chi connectivity index (χ3n) is 5.19. The van der Waals surface area contributed by atoms with Crippen molar-refractivity contribution in [1.82, 2.24) is 4.90 Å². The molecule has 1 aromatic rings. The number of nitrogens with two attached hydrogens (primary N) is 1. The highest BCUT2D eigenvalue weighted by atomic mass is 35.5. The lowest BCUT2D eigenvalue weighted by molar-refractivity contribution is -0.132. The van der Waals surface area contributed by atoms with Crippen LogP contribution in [-0.2, 0) is 9.53 Å². The van der Waals surface area contributed by atoms with E-state index in [4.69, 9.17) is 10.5 Å². The summed E-state index contributed by atoms with van der Waals surface area (Å²) in [5.74, 6) is 1.14. The number of hydrogen-bond acceptors (Lipinski definition) is 3. The van der Waals surface area contributed by atoms with Crippen LogP contribution in [0.2, 0.25) is 0 Å². The van der Waals surface area contributed by atoms with Crippen molar-refractivity contribution >= 4 is 18.3 Å². The van der Waals surface area contributed by atoms with Gasteiger partial charge in [-0.05, 0) is 18.4 Å². The molecule has 0 aromatic heterocycles. The lowest BCUT2D eigenvalue weighted by Gasteiger charge is -2.22. The largest absolute Gasteiger partial charge is 0.374 e. The molecule has 0 radical (unpaired) electrons. The summed E-state index contributed by atoms with van der Waals surface area (Å²) >= 11 is 0. The Hall–Kier alpha value is -1.10. The normalized spacial score (nSPS) is 34.4. The van der Waals surface area contributed by atoms with Gasteiger partial charge in [0.05, 0.1) is 12.2 Å². The standard InChI is InChI=1S/C16H20N2O2.ClH/c17-15(10-4-2-1-3-5-10)16(19)18-8-11-12(9-18)14-7-6-13(11)20-14;/h1-5,11-15H,6-9,17H2;1H. The maximum atomic E-state index is 12.6. The Morgan fingerprint density at radius 2 is 1.71 bits per heavy atom. The zero-order valence-electron chi connectivity index (χ0n) is 11.9. The Kier molecular flexibility index (Phi) is 3.95. The number of amides is 1. The van der Waals surface area contributed by atoms with Crippen LogP contribution in [0.25, 0.3) is 0 Å². The molecule has 1 amide bonds. The fourth-order valence-corrected chi connectivity index (χ4v) is 4.14. The average Bonchev–Trinajstić information content (AvgIpc) is 3.18. The van der Waals surface area contributed by atoms with Gasteiger partial charge in [-0.15, -0.1) is 12.4 Å². The van der Waals surface area contributed by atoms with Crippen molar-refractivity contribution in [3.63, 3.8) is 0 Å². The van der Waals surface area contributed by atoms with E-state index >= 15 is 0 Å². The molecule has 0 aliphatic carbocycles. The number of ether oxygens (including phenoxy) is 1. The molecule has 3 aliphatic heterocycles. The van der Waals surface area contributed by atoms with Gasteiger partial charge in [-0.1, -0.05) is 30.3 Å². The van der Waals surface area contributed by atoms with Gasteiger partial charge in [-0.3, -0.25) is 4.79 Å². The minimum Gasteiger partial charge on any atom is -0.374 e. The first-order valence-corrected chi connectivity index (χ1v) is 7.49. The third kappa shape index (κ3) is 2.35. The molecule has 114 valence electrons. The number of rotatable bonds is 2. The number of fused-ring (bicyclic) bond motifs is 5. The van der Waals surface area contributed by atoms with E-state index in [9.17, 15) is 4.79 Å². The van der Waals surface area contributed by atoms with Crippen molar-refractivity contribution in [1.29, 1.82) is 0 Å². The van der Waals surface area contributed by atoms with Crippen molar-refractivity contribution in [3.8, 4) is 0 Å². The average molecular weight is 309 g/mol. The monoisotopic (exact) mass is 308 g/mol. The summed E-state index contributed by atoms with van der Waals surface area (Å²) in [7, 11) is 0. The van der Waals surface area contributed by atoms with Crippen molar-refractivity contribution < 1.29 is 9.53 Å². The Morgan fingerprint density at radius 3 is 2.29 bits per heavy atom. The van der Waals surface area contributed by atoms with Crippen LogP contribution in [0.5, 0.6) is 0 Å². The second kappa shape index (κ2) is 5.59. The van der Waals surface area contributed by atoms with E-state index in [1.54, 1.807) is 0 Å². The zero-order chi connectivity index (χ0) is 13.7. The van der Waals surface area contributed by atoms with Crippen LogP contribution in [0.15, 0.2) is 30.3 Å². The van der Waals surface area contributed by atoms with Gasteiger partial charge in [0.15, 0.2) is 0 Å². The second-order valence-electron chi connectivity index (χ2n) is 6.25. The van der Waals surface area contributed by atoms with Gasteiger partial charge < -0.3 is 15.4 Å². The number of carbonyl (C=O) groups is 1. The fourth-order valence-electron chi connectivity index (χ4n) is 4.14. The van der Waals surface area contributed by atoms with E-state index in [1.807, 2.05) is 35.2 Å². The highest BCUT2D eigenvalue weighted by Crippen LogP contribution is 2.47. The van der Waals surface area contributed by atoms with Crippen molar-refractivity contribution in [3.05, 3.63) is 35.9 Å². The molecule has 0 spiro atoms. The molecule has 2 bridgehead atoms. The minimum atomic E-state index is -0.534. The summed E-state index contributed by atoms with van der Waals surface area (Å²) in [4.78, 5) is 14.5. The SMILES string of the molecule is Cl.NC(C(=O)N1CC2C3CCC(O3)C2C1)c1ccccc1. The van der Waals surface area contributed by atoms with Crippen LogP contribution in [0.3, 0.4) is 0 Å². The van der Waals surface area contributed by atoms with Crippen molar-refractivity contribution in [2.75, 3.05) is 13.1 Å². The number of halogens is 1. The topological polar surface area (TPSA) is 55.6 Å². The molecular weight excluding hydrogens is 288 g/mol. The number of nitrogens with zero attached hydrogens (tertiary/aromatic N) is 1. The smallest absolute Gasteiger partial charge is 0.244 e. The summed E-state index contributed by atoms with van der Waals surface area (Å²) in [6.07, 6.45) is 3.10. The summed E-state index contributed by atoms with van der Waals surface area (Å²) in [5.41, 5.74) is 7.03. The molecular formula is C16H21ClN2O2. The predicted molar refractivity (Wildman–Crippen MR) is 82.1 cm³/mol. The first-order valence-electron chi connectivity index (χ1n) is 7.49. The van der Waals surface area contributed by atoms with Gasteiger partial charge >= 0.3 is 0 Å². The molecule has 21 heavy (non-hydrogen) atoms. The van der Waals surface area contributed by atoms with Gasteiger partial charge in [0, 0.05) is 24.9 Å². The maximum absolute atomic E-state index is 12.6. The van der Waals surface area contributed by atoms with Crippen LogP contribution in [0.1, 0.15) is 24.4 Å². The summed E-state index contributed by atoms with van der Waals surface area (Å²) in [6.45, 7) is 1.65. The van der Waals surface area contributed by atoms with Gasteiger partial charge in [-0.2, -0.15) is 0 Å². The number of likely N-dealkylation sites (tertiary alicyclic amines) is 1. The van der Waals surface area contributed by atoms with Crippen LogP contribution < -0.4 is 5.73 Å². The maximum Gasteiger partial charge on any atom is 0.244 e. The van der Waals surface area contributed by atoms with E-state index in [1.165, 1.54) is 12.8 Å². The van der Waals surface area contributed by atoms with Gasteiger partial charge in [0.2, 0.25) is 5.91 Å². The molecule has 0 saturated carbocycles. The zero-order valence-corrected chi connectivity index (χ0v) is 12.7. The number of hydrogen-bond donors (Lipinski definition) is 1. The van der Waals surface area contributed by atoms with Crippen molar-refractivity contribution in [2.24, 2.45) is 17.6 Å². The Bertz CT molecular complexity index is 506. The summed E-state index contributed by atoms with van der Waals surface area (Å²) in [6, 6.07) is 9.10. The Morgan fingerprint density at radius 1 is 1.14 bits per heavy atom. The molecule has 1 aromatic carbocycles. The molecule has 5 heteroatoms. The van der Waals surface area contributed by atoms with E-state index in [0.717, 1.165) is 18.7 Å². The van der Waals surface area contributed by atoms with Crippen LogP contribution >= 0.6 is 12.4 Å². The van der Waals surface area contributed by atoms with Crippen LogP contribution in [-0.4, -0.2) is 36.1 Å². The molecule has 2 N–H and O–H groups in total. The Balaban J connectivity index is 0.00000132. The lowest BCUT2D eigenvalue weighted by Crippen LogP contribution is -2.38. The van der Waals surface area contributed by atoms with E-state index in [-0.39, 0.29) is 18.3 Å². The molecule has 4 nitrogen and oxygen atoms in total. The van der Waals surface area contributed by atoms with E-state index in [2.05, 4.69) is 0 Å². The number of carbonyl (C=O) groups excluding carboxylic acids is 1. The molecule has 3 fully saturated rings. The van der Waals surface area contributed by atoms with Gasteiger partial charge in [0.1, 0.15) is 6.04 Å². The molecule has 3 saturated heterocycles. The molecule has 3 heterocycles. The highest BCUT2D eigenvalue weighted by molar-refractivity contribution is 5.85. The quantitative estimate of drug-likeness (QED) is 0.905. The van der Waals surface area contributed by atoms with E-state index < -0.39 is 6.04 Å². The molecule has 5 atom stereocenters. The third-order valence-corrected chi connectivity index (χ3v) is 5.19. The highest BCUT2D eigenvalue weighted by Gasteiger charge is 2.54. The van der Waals surface area contributed by atoms with Crippen molar-refractivity contribution in [2.45, 2.75) is 31.1 Å². The van der Waals surface area contributed by atoms with Crippen LogP contribution in [0, 0.1) is 11.8 Å². The summed E-state index contributed by atoms with van der Waals surface area (Å²) < 4.78 is 5.94. The van der Waals surface area contributed by atoms with Gasteiger partial charge in [0.25, 0.3) is 0 Å². The second-order valence-corrected chi connectivity index (χ2v) is 6.25. The first-order chi connectivity index (χ1) is 9.74. The van der Waals surface area contributed by atoms with Crippen LogP contribution in [0.4, 0.5) is 0 Å². The Labute approximate surface area is 131 Å². The minimum absolute atomic E-state index is 0. The molecule has 4 rings (SSSR count). The fraction of sp³-hybridized carbons (Fsp3) is 0.562. The lowest BCUT2D eigenvalue weighted by atomic mass is 9.82. The number of benzene rings is 1. The van der Waals surface area contributed by atoms with Gasteiger partial charge in [-0.25, -0.2) is 0 Å².